The molecule has 0 unspecified atom stereocenters. The van der Waals surface area contributed by atoms with Crippen LogP contribution < -0.4 is 10.1 Å². The molecule has 196 valence electrons. The van der Waals surface area contributed by atoms with Crippen LogP contribution >= 0.6 is 0 Å². The van der Waals surface area contributed by atoms with Crippen LogP contribution in [-0.2, 0) is 9.47 Å². The Morgan fingerprint density at radius 2 is 1.75 bits per heavy atom. The van der Waals surface area contributed by atoms with Gasteiger partial charge in [0, 0.05) is 63.1 Å². The molecule has 3 heterocycles. The average Bonchev–Trinajstić information content (AvgIpc) is 3.26. The van der Waals surface area contributed by atoms with Crippen molar-refractivity contribution in [1.82, 2.24) is 25.1 Å². The predicted octanol–water partition coefficient (Wildman–Crippen LogP) is 3.92. The van der Waals surface area contributed by atoms with Crippen LogP contribution in [0, 0.1) is 5.41 Å². The van der Waals surface area contributed by atoms with E-state index in [0.29, 0.717) is 23.4 Å². The second-order valence-electron chi connectivity index (χ2n) is 11.1. The molecule has 9 nitrogen and oxygen atoms in total. The van der Waals surface area contributed by atoms with E-state index in [1.807, 2.05) is 12.4 Å². The molecule has 36 heavy (non-hydrogen) atoms. The van der Waals surface area contributed by atoms with Crippen molar-refractivity contribution in [2.45, 2.75) is 76.0 Å². The number of hydrogen-bond acceptors (Lipinski definition) is 9. The Kier molecular flexibility index (Phi) is 7.69. The first kappa shape index (κ1) is 25.3. The molecule has 3 fully saturated rings. The van der Waals surface area contributed by atoms with E-state index < -0.39 is 0 Å². The lowest BCUT2D eigenvalue weighted by atomic mass is 9.73. The molecule has 0 amide bonds. The standard InChI is InChI=1S/C27H40N6O3/c1-27(17-33-15-22(34-2)23(16-33)35-3)10-8-20(9-11-27)30-24-12-19(13-29-32-24)21-14-28-26(36-4)31-25(21)18-6-5-7-18/h12-14,18,20,22-23H,5-11,15-17H2,1-4H3,(H,30,32)/t20?,22-,23-,27?/m1/s1. The molecule has 2 atom stereocenters. The second-order valence-corrected chi connectivity index (χ2v) is 11.1. The fraction of sp³-hybridized carbons (Fsp3) is 0.704. The van der Waals surface area contributed by atoms with Crippen LogP contribution in [0.25, 0.3) is 11.1 Å². The topological polar surface area (TPSA) is 94.5 Å². The Hall–Kier alpha value is -2.36. The Balaban J connectivity index is 1.20. The van der Waals surface area contributed by atoms with Crippen molar-refractivity contribution in [1.29, 1.82) is 0 Å². The van der Waals surface area contributed by atoms with E-state index in [1.165, 1.54) is 19.3 Å². The number of likely N-dealkylation sites (tertiary alicyclic amines) is 1. The van der Waals surface area contributed by atoms with Crippen LogP contribution in [0.5, 0.6) is 6.01 Å². The molecule has 1 N–H and O–H groups in total. The number of ether oxygens (including phenoxy) is 3. The third kappa shape index (κ3) is 5.48. The number of hydrogen-bond donors (Lipinski definition) is 1. The molecule has 9 heteroatoms. The van der Waals surface area contributed by atoms with Gasteiger partial charge in [0.25, 0.3) is 0 Å². The van der Waals surface area contributed by atoms with E-state index in [4.69, 9.17) is 19.2 Å². The summed E-state index contributed by atoms with van der Waals surface area (Å²) in [7, 11) is 5.18. The van der Waals surface area contributed by atoms with Gasteiger partial charge < -0.3 is 19.5 Å². The van der Waals surface area contributed by atoms with Crippen molar-refractivity contribution >= 4 is 5.82 Å². The summed E-state index contributed by atoms with van der Waals surface area (Å²) in [5.41, 5.74) is 3.41. The average molecular weight is 497 g/mol. The maximum absolute atomic E-state index is 5.63. The van der Waals surface area contributed by atoms with Gasteiger partial charge in [-0.15, -0.1) is 5.10 Å². The van der Waals surface area contributed by atoms with Crippen LogP contribution in [0.2, 0.25) is 0 Å². The fourth-order valence-electron chi connectivity index (χ4n) is 6.04. The van der Waals surface area contributed by atoms with Gasteiger partial charge in [0.1, 0.15) is 5.82 Å². The largest absolute Gasteiger partial charge is 0.467 e. The monoisotopic (exact) mass is 496 g/mol. The first-order valence-corrected chi connectivity index (χ1v) is 13.3. The van der Waals surface area contributed by atoms with Crippen molar-refractivity contribution in [3.05, 3.63) is 24.2 Å². The second kappa shape index (κ2) is 10.9. The molecule has 3 aliphatic rings. The van der Waals surface area contributed by atoms with Crippen LogP contribution in [0.1, 0.15) is 63.5 Å². The maximum atomic E-state index is 5.63. The smallest absolute Gasteiger partial charge is 0.316 e. The van der Waals surface area contributed by atoms with E-state index in [2.05, 4.69) is 38.4 Å². The number of anilines is 1. The molecular formula is C27H40N6O3. The number of nitrogens with one attached hydrogen (secondary N) is 1. The zero-order valence-electron chi connectivity index (χ0n) is 22.1. The number of nitrogens with zero attached hydrogens (tertiary/aromatic N) is 5. The molecule has 0 bridgehead atoms. The van der Waals surface area contributed by atoms with Crippen molar-refractivity contribution in [3.63, 3.8) is 0 Å². The van der Waals surface area contributed by atoms with Crippen LogP contribution in [-0.4, -0.2) is 84.3 Å². The van der Waals surface area contributed by atoms with Gasteiger partial charge in [-0.25, -0.2) is 4.98 Å². The normalized spacial score (nSPS) is 29.2. The molecule has 2 saturated carbocycles. The fourth-order valence-corrected chi connectivity index (χ4v) is 6.04. The first-order chi connectivity index (χ1) is 17.5. The number of aromatic nitrogens is 4. The zero-order valence-corrected chi connectivity index (χ0v) is 22.1. The molecular weight excluding hydrogens is 456 g/mol. The van der Waals surface area contributed by atoms with Gasteiger partial charge in [-0.05, 0) is 50.0 Å². The summed E-state index contributed by atoms with van der Waals surface area (Å²) in [6.07, 6.45) is 12.2. The summed E-state index contributed by atoms with van der Waals surface area (Å²) < 4.78 is 16.6. The Morgan fingerprint density at radius 1 is 1.03 bits per heavy atom. The molecule has 5 rings (SSSR count). The van der Waals surface area contributed by atoms with Crippen LogP contribution in [0.4, 0.5) is 5.82 Å². The summed E-state index contributed by atoms with van der Waals surface area (Å²) in [4.78, 5) is 11.6. The Labute approximate surface area is 214 Å². The van der Waals surface area contributed by atoms with Gasteiger partial charge in [-0.2, -0.15) is 10.1 Å². The summed E-state index contributed by atoms with van der Waals surface area (Å²) >= 11 is 0. The van der Waals surface area contributed by atoms with E-state index in [-0.39, 0.29) is 12.2 Å². The minimum atomic E-state index is 0.170. The van der Waals surface area contributed by atoms with E-state index >= 15 is 0 Å². The van der Waals surface area contributed by atoms with Crippen LogP contribution in [0.15, 0.2) is 18.5 Å². The molecule has 0 aromatic carbocycles. The molecule has 2 aromatic rings. The Bertz CT molecular complexity index is 1010. The van der Waals surface area contributed by atoms with Crippen molar-refractivity contribution < 1.29 is 14.2 Å². The lowest BCUT2D eigenvalue weighted by Crippen LogP contribution is -2.40. The molecule has 1 aliphatic heterocycles. The third-order valence-corrected chi connectivity index (χ3v) is 8.48. The van der Waals surface area contributed by atoms with Gasteiger partial charge >= 0.3 is 6.01 Å². The summed E-state index contributed by atoms with van der Waals surface area (Å²) in [5, 5.41) is 12.4. The number of rotatable bonds is 9. The summed E-state index contributed by atoms with van der Waals surface area (Å²) in [5.74, 6) is 1.29. The lowest BCUT2D eigenvalue weighted by Gasteiger charge is -2.40. The minimum Gasteiger partial charge on any atom is -0.467 e. The van der Waals surface area contributed by atoms with Gasteiger partial charge in [0.05, 0.1) is 31.2 Å². The molecule has 2 aliphatic carbocycles. The zero-order chi connectivity index (χ0) is 25.1. The highest BCUT2D eigenvalue weighted by molar-refractivity contribution is 5.67. The van der Waals surface area contributed by atoms with Crippen molar-refractivity contribution in [2.75, 3.05) is 46.3 Å². The van der Waals surface area contributed by atoms with Crippen molar-refractivity contribution in [3.8, 4) is 17.1 Å². The molecule has 2 aromatic heterocycles. The SMILES string of the molecule is COc1ncc(-c2cnnc(NC3CCC(C)(CN4C[C@@H](OC)[C@H](OC)C4)CC3)c2)c(C2CCC2)n1. The summed E-state index contributed by atoms with van der Waals surface area (Å²) in [6, 6.07) is 2.92. The number of methoxy groups -OCH3 is 3. The molecule has 1 saturated heterocycles. The van der Waals surface area contributed by atoms with Gasteiger partial charge in [-0.1, -0.05) is 13.3 Å². The minimum absolute atomic E-state index is 0.170. The van der Waals surface area contributed by atoms with Crippen LogP contribution in [0.3, 0.4) is 0 Å². The highest BCUT2D eigenvalue weighted by atomic mass is 16.5. The van der Waals surface area contributed by atoms with Gasteiger partial charge in [-0.3, -0.25) is 4.90 Å². The molecule has 0 spiro atoms. The van der Waals surface area contributed by atoms with Gasteiger partial charge in [0.2, 0.25) is 0 Å². The van der Waals surface area contributed by atoms with E-state index in [9.17, 15) is 0 Å². The van der Waals surface area contributed by atoms with Crippen molar-refractivity contribution in [2.24, 2.45) is 5.41 Å². The first-order valence-electron chi connectivity index (χ1n) is 13.3. The molecule has 0 radical (unpaired) electrons. The quantitative estimate of drug-likeness (QED) is 0.554. The lowest BCUT2D eigenvalue weighted by molar-refractivity contribution is -0.00461. The predicted molar refractivity (Wildman–Crippen MR) is 138 cm³/mol. The van der Waals surface area contributed by atoms with Gasteiger partial charge in [0.15, 0.2) is 0 Å². The summed E-state index contributed by atoms with van der Waals surface area (Å²) in [6.45, 7) is 5.42. The highest BCUT2D eigenvalue weighted by Gasteiger charge is 2.38. The van der Waals surface area contributed by atoms with E-state index in [1.54, 1.807) is 21.3 Å². The third-order valence-electron chi connectivity index (χ3n) is 8.48. The maximum Gasteiger partial charge on any atom is 0.316 e. The highest BCUT2D eigenvalue weighted by Crippen LogP contribution is 2.41. The Morgan fingerprint density at radius 3 is 2.36 bits per heavy atom. The van der Waals surface area contributed by atoms with E-state index in [0.717, 1.165) is 68.0 Å².